The maximum Gasteiger partial charge on any atom is 0.220 e. The molecule has 2 N–H and O–H groups in total. The van der Waals surface area contributed by atoms with Crippen LogP contribution < -0.4 is 25.0 Å². The topological polar surface area (TPSA) is 119 Å². The lowest BCUT2D eigenvalue weighted by atomic mass is 10.1. The maximum absolute atomic E-state index is 15.6. The number of benzene rings is 1. The Kier molecular flexibility index (Phi) is 6.24. The molecule has 2 fully saturated rings. The molecule has 12 heteroatoms. The molecule has 11 nitrogen and oxygen atoms in total. The standard InChI is InChI=1S/C26H27FN8O3/c1-37-18-7-21(25(27)22(8-18)38-2)34(14-16-3-6-24(36)31-16)23-5-4-19-26(33-23)32-20(12-29-19)15-9-30-35(13-15)17-10-28-11-17/h4-5,7-9,12-13,16-17,28H,3,6,10-11,14H2,1-2H3,(H,31,36). The van der Waals surface area contributed by atoms with E-state index in [0.29, 0.717) is 53.9 Å². The third-order valence-corrected chi connectivity index (χ3v) is 6.93. The number of carbonyl (C=O) groups is 1. The summed E-state index contributed by atoms with van der Waals surface area (Å²) in [5, 5.41) is 10.7. The van der Waals surface area contributed by atoms with Gasteiger partial charge in [-0.1, -0.05) is 0 Å². The van der Waals surface area contributed by atoms with Crippen molar-refractivity contribution in [2.24, 2.45) is 0 Å². The maximum atomic E-state index is 15.6. The van der Waals surface area contributed by atoms with Crippen LogP contribution in [0, 0.1) is 5.82 Å². The lowest BCUT2D eigenvalue weighted by Gasteiger charge is -2.28. The van der Waals surface area contributed by atoms with Crippen LogP contribution in [0.15, 0.2) is 42.9 Å². The fourth-order valence-electron chi connectivity index (χ4n) is 4.68. The highest BCUT2D eigenvalue weighted by molar-refractivity contribution is 5.79. The van der Waals surface area contributed by atoms with Crippen molar-refractivity contribution in [3.63, 3.8) is 0 Å². The number of methoxy groups -OCH3 is 2. The zero-order valence-corrected chi connectivity index (χ0v) is 21.0. The zero-order valence-electron chi connectivity index (χ0n) is 21.0. The Morgan fingerprint density at radius 1 is 1.16 bits per heavy atom. The number of amides is 1. The average molecular weight is 519 g/mol. The Morgan fingerprint density at radius 2 is 2.03 bits per heavy atom. The van der Waals surface area contributed by atoms with Crippen molar-refractivity contribution < 1.29 is 18.7 Å². The zero-order chi connectivity index (χ0) is 26.2. The molecule has 2 aliphatic rings. The van der Waals surface area contributed by atoms with Gasteiger partial charge in [-0.3, -0.25) is 14.5 Å². The summed E-state index contributed by atoms with van der Waals surface area (Å²) >= 11 is 0. The first-order chi connectivity index (χ1) is 18.5. The SMILES string of the molecule is COc1cc(OC)c(F)c(N(CC2CCC(=O)N2)c2ccc3ncc(-c4cnn(C5CNC5)c4)nc3n2)c1. The molecular formula is C26H27FN8O3. The van der Waals surface area contributed by atoms with Crippen LogP contribution in [-0.2, 0) is 4.79 Å². The van der Waals surface area contributed by atoms with Gasteiger partial charge in [0.25, 0.3) is 0 Å². The van der Waals surface area contributed by atoms with Gasteiger partial charge in [0.05, 0.1) is 44.0 Å². The lowest BCUT2D eigenvalue weighted by Crippen LogP contribution is -2.43. The quantitative estimate of drug-likeness (QED) is 0.363. The number of anilines is 2. The van der Waals surface area contributed by atoms with E-state index in [0.717, 1.165) is 18.7 Å². The van der Waals surface area contributed by atoms with Crippen LogP contribution in [-0.4, -0.2) is 70.5 Å². The molecule has 38 heavy (non-hydrogen) atoms. The first-order valence-electron chi connectivity index (χ1n) is 12.4. The smallest absolute Gasteiger partial charge is 0.220 e. The highest BCUT2D eigenvalue weighted by Gasteiger charge is 2.28. The van der Waals surface area contributed by atoms with Crippen LogP contribution >= 0.6 is 0 Å². The van der Waals surface area contributed by atoms with Crippen molar-refractivity contribution in [3.05, 3.63) is 48.7 Å². The van der Waals surface area contributed by atoms with Crippen LogP contribution in [0.5, 0.6) is 11.5 Å². The van der Waals surface area contributed by atoms with Gasteiger partial charge in [0.1, 0.15) is 17.1 Å². The van der Waals surface area contributed by atoms with Gasteiger partial charge in [0, 0.05) is 56.0 Å². The van der Waals surface area contributed by atoms with Crippen LogP contribution in [0.4, 0.5) is 15.9 Å². The first-order valence-corrected chi connectivity index (χ1v) is 12.4. The molecule has 3 aromatic heterocycles. The molecule has 5 heterocycles. The molecule has 0 bridgehead atoms. The Hall–Kier alpha value is -4.32. The fourth-order valence-corrected chi connectivity index (χ4v) is 4.68. The van der Waals surface area contributed by atoms with Gasteiger partial charge < -0.3 is 25.0 Å². The number of nitrogens with one attached hydrogen (secondary N) is 2. The average Bonchev–Trinajstić information content (AvgIpc) is 3.55. The van der Waals surface area contributed by atoms with Gasteiger partial charge in [-0.2, -0.15) is 5.10 Å². The molecule has 6 rings (SSSR count). The van der Waals surface area contributed by atoms with Crippen molar-refractivity contribution in [2.75, 3.05) is 38.8 Å². The van der Waals surface area contributed by atoms with Crippen molar-refractivity contribution in [3.8, 4) is 22.8 Å². The minimum atomic E-state index is -0.558. The number of aromatic nitrogens is 5. The van der Waals surface area contributed by atoms with E-state index in [1.54, 1.807) is 35.5 Å². The molecular weight excluding hydrogens is 491 g/mol. The predicted molar refractivity (Wildman–Crippen MR) is 138 cm³/mol. The number of pyridine rings is 1. The molecule has 0 aliphatic carbocycles. The molecule has 4 aromatic rings. The summed E-state index contributed by atoms with van der Waals surface area (Å²) < 4.78 is 28.2. The van der Waals surface area contributed by atoms with Crippen LogP contribution in [0.25, 0.3) is 22.4 Å². The number of hydrogen-bond donors (Lipinski definition) is 2. The Balaban J connectivity index is 1.41. The van der Waals surface area contributed by atoms with E-state index < -0.39 is 5.82 Å². The predicted octanol–water partition coefficient (Wildman–Crippen LogP) is 2.61. The minimum Gasteiger partial charge on any atom is -0.497 e. The number of fused-ring (bicyclic) bond motifs is 1. The summed E-state index contributed by atoms with van der Waals surface area (Å²) in [7, 11) is 2.91. The van der Waals surface area contributed by atoms with Crippen LogP contribution in [0.1, 0.15) is 18.9 Å². The second-order valence-electron chi connectivity index (χ2n) is 9.37. The van der Waals surface area contributed by atoms with E-state index in [4.69, 9.17) is 19.4 Å². The van der Waals surface area contributed by atoms with Gasteiger partial charge in [0.15, 0.2) is 17.2 Å². The van der Waals surface area contributed by atoms with Crippen LogP contribution in [0.3, 0.4) is 0 Å². The molecule has 1 unspecified atom stereocenters. The molecule has 1 atom stereocenters. The molecule has 2 saturated heterocycles. The van der Waals surface area contributed by atoms with Crippen LogP contribution in [0.2, 0.25) is 0 Å². The summed E-state index contributed by atoms with van der Waals surface area (Å²) in [6.45, 7) is 2.07. The van der Waals surface area contributed by atoms with E-state index >= 15 is 4.39 Å². The highest BCUT2D eigenvalue weighted by atomic mass is 19.1. The lowest BCUT2D eigenvalue weighted by molar-refractivity contribution is -0.119. The summed E-state index contributed by atoms with van der Waals surface area (Å²) in [5.41, 5.74) is 2.71. The van der Waals surface area contributed by atoms with Gasteiger partial charge >= 0.3 is 0 Å². The fraction of sp³-hybridized carbons (Fsp3) is 0.346. The molecule has 1 aromatic carbocycles. The van der Waals surface area contributed by atoms with Gasteiger partial charge in [-0.25, -0.2) is 14.4 Å². The number of hydrogen-bond acceptors (Lipinski definition) is 9. The summed E-state index contributed by atoms with van der Waals surface area (Å²) in [6, 6.07) is 6.79. The van der Waals surface area contributed by atoms with Gasteiger partial charge in [0.2, 0.25) is 5.91 Å². The van der Waals surface area contributed by atoms with Crippen molar-refractivity contribution in [2.45, 2.75) is 24.9 Å². The summed E-state index contributed by atoms with van der Waals surface area (Å²) in [6.07, 6.45) is 6.48. The molecule has 0 radical (unpaired) electrons. The van der Waals surface area contributed by atoms with E-state index in [1.807, 2.05) is 10.9 Å². The van der Waals surface area contributed by atoms with Crippen molar-refractivity contribution in [1.29, 1.82) is 0 Å². The second kappa shape index (κ2) is 9.86. The third-order valence-electron chi connectivity index (χ3n) is 6.93. The Bertz CT molecular complexity index is 1510. The number of carbonyl (C=O) groups excluding carboxylic acids is 1. The summed E-state index contributed by atoms with van der Waals surface area (Å²) in [4.78, 5) is 27.7. The first kappa shape index (κ1) is 24.0. The minimum absolute atomic E-state index is 0.0288. The van der Waals surface area contributed by atoms with Crippen molar-refractivity contribution in [1.82, 2.24) is 35.4 Å². The van der Waals surface area contributed by atoms with Gasteiger partial charge in [-0.05, 0) is 18.6 Å². The largest absolute Gasteiger partial charge is 0.497 e. The number of ether oxygens (including phenoxy) is 2. The van der Waals surface area contributed by atoms with Crippen molar-refractivity contribution >= 4 is 28.6 Å². The molecule has 2 aliphatic heterocycles. The van der Waals surface area contributed by atoms with E-state index in [1.165, 1.54) is 20.3 Å². The Labute approximate surface area is 218 Å². The summed E-state index contributed by atoms with van der Waals surface area (Å²) in [5.74, 6) is 0.341. The normalized spacial score (nSPS) is 17.3. The molecule has 196 valence electrons. The Morgan fingerprint density at radius 3 is 2.74 bits per heavy atom. The number of halogens is 1. The van der Waals surface area contributed by atoms with Gasteiger partial charge in [-0.15, -0.1) is 0 Å². The van der Waals surface area contributed by atoms with E-state index in [-0.39, 0.29) is 23.4 Å². The number of nitrogens with zero attached hydrogens (tertiary/aromatic N) is 6. The molecule has 0 spiro atoms. The second-order valence-corrected chi connectivity index (χ2v) is 9.37. The third kappa shape index (κ3) is 4.47. The number of rotatable bonds is 8. The molecule has 1 amide bonds. The van der Waals surface area contributed by atoms with E-state index in [2.05, 4.69) is 20.7 Å². The highest BCUT2D eigenvalue weighted by Crippen LogP contribution is 2.37. The van der Waals surface area contributed by atoms with E-state index in [9.17, 15) is 4.79 Å². The monoisotopic (exact) mass is 518 g/mol. The molecule has 0 saturated carbocycles.